The van der Waals surface area contributed by atoms with Gasteiger partial charge in [-0.3, -0.25) is 9.67 Å². The summed E-state index contributed by atoms with van der Waals surface area (Å²) in [6, 6.07) is 16.3. The molecule has 0 amide bonds. The Labute approximate surface area is 240 Å². The Kier molecular flexibility index (Phi) is 6.91. The summed E-state index contributed by atoms with van der Waals surface area (Å²) in [6.45, 7) is 8.10. The number of thiazole rings is 1. The molecule has 0 spiro atoms. The van der Waals surface area contributed by atoms with Crippen molar-refractivity contribution in [3.05, 3.63) is 83.9 Å². The predicted octanol–water partition coefficient (Wildman–Crippen LogP) is 7.35. The molecule has 0 unspecified atom stereocenters. The first-order chi connectivity index (χ1) is 19.2. The number of hydrogen-bond donors (Lipinski definition) is 3. The van der Waals surface area contributed by atoms with Crippen LogP contribution in [0.2, 0.25) is 0 Å². The van der Waals surface area contributed by atoms with Crippen LogP contribution in [-0.4, -0.2) is 35.4 Å². The van der Waals surface area contributed by atoms with Crippen LogP contribution in [-0.2, 0) is 6.54 Å². The van der Waals surface area contributed by atoms with Gasteiger partial charge in [-0.05, 0) is 87.7 Å². The summed E-state index contributed by atoms with van der Waals surface area (Å²) < 4.78 is 6.34. The molecule has 0 atom stereocenters. The van der Waals surface area contributed by atoms with Crippen molar-refractivity contribution in [2.75, 3.05) is 10.0 Å². The topological polar surface area (TPSA) is 101 Å². The van der Waals surface area contributed by atoms with E-state index in [4.69, 9.17) is 4.98 Å². The van der Waals surface area contributed by atoms with Crippen molar-refractivity contribution >= 4 is 62.2 Å². The van der Waals surface area contributed by atoms with Crippen LogP contribution in [0, 0.1) is 13.8 Å². The smallest absolute Gasteiger partial charge is 0.130 e. The maximum atomic E-state index is 10.3. The summed E-state index contributed by atoms with van der Waals surface area (Å²) in [5, 5.41) is 22.4. The summed E-state index contributed by atoms with van der Waals surface area (Å²) in [7, 11) is 0. The molecule has 4 heterocycles. The maximum absolute atomic E-state index is 10.3. The highest BCUT2D eigenvalue weighted by Gasteiger charge is 2.18. The first-order valence-electron chi connectivity index (χ1n) is 12.9. The van der Waals surface area contributed by atoms with Gasteiger partial charge < -0.3 is 15.1 Å². The average Bonchev–Trinajstić information content (AvgIpc) is 3.53. The molecular formula is C30H29N7OS2. The van der Waals surface area contributed by atoms with Crippen LogP contribution in [0.1, 0.15) is 24.4 Å². The second-order valence-corrected chi connectivity index (χ2v) is 12.7. The lowest BCUT2D eigenvalue weighted by molar-refractivity contribution is 0.0591. The van der Waals surface area contributed by atoms with Crippen LogP contribution in [0.25, 0.3) is 32.9 Å². The van der Waals surface area contributed by atoms with Crippen LogP contribution >= 0.6 is 23.3 Å². The molecule has 0 radical (unpaired) electrons. The van der Waals surface area contributed by atoms with Crippen LogP contribution < -0.4 is 10.0 Å². The predicted molar refractivity (Wildman–Crippen MR) is 165 cm³/mol. The lowest BCUT2D eigenvalue weighted by atomic mass is 9.98. The van der Waals surface area contributed by atoms with Crippen molar-refractivity contribution in [1.29, 1.82) is 0 Å². The highest BCUT2D eigenvalue weighted by Crippen LogP contribution is 2.34. The molecule has 0 bridgehead atoms. The van der Waals surface area contributed by atoms with Crippen molar-refractivity contribution in [3.8, 4) is 11.3 Å². The van der Waals surface area contributed by atoms with Gasteiger partial charge in [-0.2, -0.15) is 5.10 Å². The zero-order chi connectivity index (χ0) is 27.9. The maximum Gasteiger partial charge on any atom is 0.130 e. The SMILES string of the molecule is Cc1ncc(SNc2ccc(Nc3cc4c(-c5ccc6c(cnn6CC(C)(C)O)c5C)nccc4cn3)cc2)s1. The quantitative estimate of drug-likeness (QED) is 0.164. The van der Waals surface area contributed by atoms with Gasteiger partial charge in [0.1, 0.15) is 10.0 Å². The minimum absolute atomic E-state index is 0.421. The van der Waals surface area contributed by atoms with Gasteiger partial charge in [0.25, 0.3) is 0 Å². The highest BCUT2D eigenvalue weighted by atomic mass is 32.2. The number of pyridine rings is 2. The van der Waals surface area contributed by atoms with Gasteiger partial charge in [0.2, 0.25) is 0 Å². The number of benzene rings is 2. The van der Waals surface area contributed by atoms with Gasteiger partial charge in [-0.25, -0.2) is 9.97 Å². The molecule has 10 heteroatoms. The number of anilines is 3. The molecule has 3 N–H and O–H groups in total. The van der Waals surface area contributed by atoms with Gasteiger partial charge in [-0.15, -0.1) is 11.3 Å². The van der Waals surface area contributed by atoms with E-state index < -0.39 is 5.60 Å². The fourth-order valence-corrected chi connectivity index (χ4v) is 6.27. The van der Waals surface area contributed by atoms with E-state index in [2.05, 4.69) is 44.2 Å². The van der Waals surface area contributed by atoms with E-state index in [0.29, 0.717) is 6.54 Å². The van der Waals surface area contributed by atoms with Crippen LogP contribution in [0.4, 0.5) is 17.2 Å². The highest BCUT2D eigenvalue weighted by molar-refractivity contribution is 8.02. The van der Waals surface area contributed by atoms with Crippen molar-refractivity contribution < 1.29 is 5.11 Å². The van der Waals surface area contributed by atoms with Gasteiger partial charge >= 0.3 is 0 Å². The number of aliphatic hydroxyl groups is 1. The Hall–Kier alpha value is -3.99. The average molecular weight is 568 g/mol. The number of nitrogens with zero attached hydrogens (tertiary/aromatic N) is 5. The third kappa shape index (κ3) is 5.51. The molecular weight excluding hydrogens is 539 g/mol. The third-order valence-electron chi connectivity index (χ3n) is 6.56. The van der Waals surface area contributed by atoms with E-state index in [1.807, 2.05) is 72.8 Å². The van der Waals surface area contributed by atoms with E-state index >= 15 is 0 Å². The molecule has 6 rings (SSSR count). The van der Waals surface area contributed by atoms with E-state index in [0.717, 1.165) is 64.9 Å². The van der Waals surface area contributed by atoms with Crippen molar-refractivity contribution in [2.45, 2.75) is 44.0 Å². The standard InChI is InChI=1S/C30H29N7OS2/c1-18-23(9-10-26-25(18)15-34-37(26)17-30(3,4)38)29-24-13-27(33-14-20(24)11-12-31-29)35-21-5-7-22(8-6-21)36-40-28-16-32-19(2)39-28/h5-16,36,38H,17H2,1-4H3,(H,33,35). The molecule has 0 saturated heterocycles. The number of hydrogen-bond acceptors (Lipinski definition) is 9. The monoisotopic (exact) mass is 567 g/mol. The third-order valence-corrected chi connectivity index (χ3v) is 8.41. The molecule has 0 fully saturated rings. The minimum atomic E-state index is -0.851. The normalized spacial score (nSPS) is 11.8. The van der Waals surface area contributed by atoms with E-state index in [1.54, 1.807) is 37.1 Å². The van der Waals surface area contributed by atoms with Crippen molar-refractivity contribution in [1.82, 2.24) is 24.7 Å². The van der Waals surface area contributed by atoms with Gasteiger partial charge in [0.15, 0.2) is 0 Å². The molecule has 0 aliphatic carbocycles. The first-order valence-corrected chi connectivity index (χ1v) is 14.5. The Morgan fingerprint density at radius 2 is 1.73 bits per heavy atom. The lowest BCUT2D eigenvalue weighted by Gasteiger charge is -2.18. The molecule has 40 heavy (non-hydrogen) atoms. The molecule has 8 nitrogen and oxygen atoms in total. The molecule has 0 aliphatic rings. The molecule has 0 aliphatic heterocycles. The lowest BCUT2D eigenvalue weighted by Crippen LogP contribution is -2.26. The van der Waals surface area contributed by atoms with Crippen LogP contribution in [0.15, 0.2) is 77.5 Å². The number of nitrogens with one attached hydrogen (secondary N) is 2. The molecule has 0 saturated carbocycles. The van der Waals surface area contributed by atoms with Gasteiger partial charge in [0.05, 0.1) is 40.8 Å². The number of rotatable bonds is 8. The molecule has 202 valence electrons. The van der Waals surface area contributed by atoms with E-state index in [9.17, 15) is 5.11 Å². The van der Waals surface area contributed by atoms with E-state index in [-0.39, 0.29) is 0 Å². The fraction of sp³-hybridized carbons (Fsp3) is 0.200. The Balaban J connectivity index is 1.26. The minimum Gasteiger partial charge on any atom is -0.389 e. The van der Waals surface area contributed by atoms with Crippen molar-refractivity contribution in [2.24, 2.45) is 0 Å². The van der Waals surface area contributed by atoms with Gasteiger partial charge in [0, 0.05) is 45.5 Å². The molecule has 4 aromatic heterocycles. The summed E-state index contributed by atoms with van der Waals surface area (Å²) in [5.41, 5.74) is 5.13. The summed E-state index contributed by atoms with van der Waals surface area (Å²) >= 11 is 3.23. The first kappa shape index (κ1) is 26.2. The fourth-order valence-electron chi connectivity index (χ4n) is 4.66. The number of fused-ring (bicyclic) bond motifs is 2. The second-order valence-electron chi connectivity index (χ2n) is 10.3. The zero-order valence-corrected chi connectivity index (χ0v) is 24.3. The summed E-state index contributed by atoms with van der Waals surface area (Å²) in [5.74, 6) is 0.744. The Morgan fingerprint density at radius 1 is 0.925 bits per heavy atom. The number of aryl methyl sites for hydroxylation is 2. The zero-order valence-electron chi connectivity index (χ0n) is 22.6. The Morgan fingerprint density at radius 3 is 2.48 bits per heavy atom. The Bertz CT molecular complexity index is 1820. The molecule has 6 aromatic rings. The van der Waals surface area contributed by atoms with Crippen LogP contribution in [0.5, 0.6) is 0 Å². The van der Waals surface area contributed by atoms with Gasteiger partial charge in [-0.1, -0.05) is 6.07 Å². The van der Waals surface area contributed by atoms with Crippen LogP contribution in [0.3, 0.4) is 0 Å². The van der Waals surface area contributed by atoms with Crippen molar-refractivity contribution in [3.63, 3.8) is 0 Å². The van der Waals surface area contributed by atoms with E-state index in [1.165, 1.54) is 0 Å². The second kappa shape index (κ2) is 10.5. The molecule has 2 aromatic carbocycles. The summed E-state index contributed by atoms with van der Waals surface area (Å²) in [6.07, 6.45) is 7.45. The summed E-state index contributed by atoms with van der Waals surface area (Å²) in [4.78, 5) is 13.7. The number of aromatic nitrogens is 5. The largest absolute Gasteiger partial charge is 0.389 e.